The van der Waals surface area contributed by atoms with E-state index in [0.717, 1.165) is 45.1 Å². The molecule has 0 bridgehead atoms. The average Bonchev–Trinajstić information content (AvgIpc) is 2.19. The van der Waals surface area contributed by atoms with E-state index in [1.165, 1.54) is 12.8 Å². The Morgan fingerprint density at radius 1 is 1.36 bits per heavy atom. The molecular formula is C11H19NO2. The van der Waals surface area contributed by atoms with Gasteiger partial charge in [-0.05, 0) is 31.7 Å². The lowest BCUT2D eigenvalue weighted by atomic mass is 9.98. The summed E-state index contributed by atoms with van der Waals surface area (Å²) in [6.07, 6.45) is 4.20. The van der Waals surface area contributed by atoms with Crippen molar-refractivity contribution < 1.29 is 9.53 Å². The summed E-state index contributed by atoms with van der Waals surface area (Å²) in [5.41, 5.74) is 0. The van der Waals surface area contributed by atoms with E-state index in [4.69, 9.17) is 4.74 Å². The van der Waals surface area contributed by atoms with Gasteiger partial charge in [-0.25, -0.2) is 0 Å². The molecule has 80 valence electrons. The second kappa shape index (κ2) is 4.89. The number of carbonyl (C=O) groups is 1. The number of piperidine rings is 1. The second-order valence-corrected chi connectivity index (χ2v) is 4.43. The van der Waals surface area contributed by atoms with Crippen LogP contribution in [0.15, 0.2) is 0 Å². The monoisotopic (exact) mass is 197 g/mol. The first-order valence-corrected chi connectivity index (χ1v) is 5.66. The highest BCUT2D eigenvalue weighted by molar-refractivity contribution is 5.81. The van der Waals surface area contributed by atoms with E-state index in [9.17, 15) is 4.79 Å². The van der Waals surface area contributed by atoms with Gasteiger partial charge < -0.3 is 4.74 Å². The third kappa shape index (κ3) is 2.79. The van der Waals surface area contributed by atoms with E-state index >= 15 is 0 Å². The number of ether oxygens (including phenoxy) is 1. The fourth-order valence-electron chi connectivity index (χ4n) is 2.36. The van der Waals surface area contributed by atoms with Crippen molar-refractivity contribution in [2.75, 3.05) is 32.8 Å². The SMILES string of the molecule is O=C1CCCN(CC2CCOCC2)C1. The van der Waals surface area contributed by atoms with Crippen LogP contribution < -0.4 is 0 Å². The molecule has 0 radical (unpaired) electrons. The summed E-state index contributed by atoms with van der Waals surface area (Å²) in [7, 11) is 0. The number of nitrogens with zero attached hydrogens (tertiary/aromatic N) is 1. The molecule has 2 rings (SSSR count). The molecule has 0 aromatic rings. The van der Waals surface area contributed by atoms with E-state index in [2.05, 4.69) is 4.90 Å². The van der Waals surface area contributed by atoms with Gasteiger partial charge in [0, 0.05) is 26.2 Å². The van der Waals surface area contributed by atoms with Gasteiger partial charge in [-0.2, -0.15) is 0 Å². The van der Waals surface area contributed by atoms with Crippen LogP contribution in [-0.2, 0) is 9.53 Å². The fourth-order valence-corrected chi connectivity index (χ4v) is 2.36. The first-order chi connectivity index (χ1) is 6.84. The van der Waals surface area contributed by atoms with Gasteiger partial charge in [0.05, 0.1) is 6.54 Å². The van der Waals surface area contributed by atoms with Gasteiger partial charge >= 0.3 is 0 Å². The van der Waals surface area contributed by atoms with Crippen LogP contribution in [0.3, 0.4) is 0 Å². The van der Waals surface area contributed by atoms with Crippen LogP contribution in [0.5, 0.6) is 0 Å². The maximum Gasteiger partial charge on any atom is 0.146 e. The molecule has 2 aliphatic rings. The van der Waals surface area contributed by atoms with Gasteiger partial charge in [-0.15, -0.1) is 0 Å². The topological polar surface area (TPSA) is 29.5 Å². The van der Waals surface area contributed by atoms with Crippen molar-refractivity contribution in [1.29, 1.82) is 0 Å². The van der Waals surface area contributed by atoms with Crippen LogP contribution in [0.1, 0.15) is 25.7 Å². The smallest absolute Gasteiger partial charge is 0.146 e. The van der Waals surface area contributed by atoms with Crippen molar-refractivity contribution in [1.82, 2.24) is 4.90 Å². The molecule has 0 aromatic carbocycles. The van der Waals surface area contributed by atoms with Crippen molar-refractivity contribution in [3.05, 3.63) is 0 Å². The number of Topliss-reactive ketones (excluding diaryl/α,β-unsaturated/α-hetero) is 1. The Morgan fingerprint density at radius 2 is 2.14 bits per heavy atom. The van der Waals surface area contributed by atoms with Crippen molar-refractivity contribution in [2.45, 2.75) is 25.7 Å². The standard InChI is InChI=1S/C11H19NO2/c13-11-2-1-5-12(9-11)8-10-3-6-14-7-4-10/h10H,1-9H2. The third-order valence-corrected chi connectivity index (χ3v) is 3.19. The Morgan fingerprint density at radius 3 is 2.86 bits per heavy atom. The van der Waals surface area contributed by atoms with E-state index in [0.29, 0.717) is 12.3 Å². The Hall–Kier alpha value is -0.410. The minimum absolute atomic E-state index is 0.420. The molecule has 0 unspecified atom stereocenters. The van der Waals surface area contributed by atoms with Crippen LogP contribution in [0.4, 0.5) is 0 Å². The molecule has 0 aliphatic carbocycles. The van der Waals surface area contributed by atoms with Gasteiger partial charge in [0.15, 0.2) is 0 Å². The maximum atomic E-state index is 11.2. The molecule has 0 atom stereocenters. The Balaban J connectivity index is 1.75. The maximum absolute atomic E-state index is 11.2. The van der Waals surface area contributed by atoms with Crippen molar-refractivity contribution in [2.24, 2.45) is 5.92 Å². The minimum Gasteiger partial charge on any atom is -0.381 e. The predicted octanol–water partition coefficient (Wildman–Crippen LogP) is 1.08. The number of ketones is 1. The Kier molecular flexibility index (Phi) is 3.54. The molecule has 2 saturated heterocycles. The molecule has 3 heteroatoms. The van der Waals surface area contributed by atoms with Crippen molar-refractivity contribution >= 4 is 5.78 Å². The molecule has 0 spiro atoms. The van der Waals surface area contributed by atoms with Crippen LogP contribution in [0, 0.1) is 5.92 Å². The molecule has 0 saturated carbocycles. The lowest BCUT2D eigenvalue weighted by molar-refractivity contribution is -0.122. The summed E-state index contributed by atoms with van der Waals surface area (Å²) in [4.78, 5) is 13.6. The highest BCUT2D eigenvalue weighted by Crippen LogP contribution is 2.17. The van der Waals surface area contributed by atoms with E-state index in [1.807, 2.05) is 0 Å². The largest absolute Gasteiger partial charge is 0.381 e. The van der Waals surface area contributed by atoms with Crippen LogP contribution in [0.25, 0.3) is 0 Å². The van der Waals surface area contributed by atoms with Crippen molar-refractivity contribution in [3.8, 4) is 0 Å². The number of hydrogen-bond acceptors (Lipinski definition) is 3. The number of carbonyl (C=O) groups excluding carboxylic acids is 1. The number of rotatable bonds is 2. The lowest BCUT2D eigenvalue weighted by Crippen LogP contribution is -2.39. The van der Waals surface area contributed by atoms with Gasteiger partial charge in [-0.3, -0.25) is 9.69 Å². The first-order valence-electron chi connectivity index (χ1n) is 5.66. The van der Waals surface area contributed by atoms with E-state index < -0.39 is 0 Å². The quantitative estimate of drug-likeness (QED) is 0.663. The van der Waals surface area contributed by atoms with Crippen LogP contribution in [-0.4, -0.2) is 43.5 Å². The molecule has 2 heterocycles. The van der Waals surface area contributed by atoms with Crippen LogP contribution >= 0.6 is 0 Å². The summed E-state index contributed by atoms with van der Waals surface area (Å²) in [6.45, 7) is 4.73. The number of likely N-dealkylation sites (tertiary alicyclic amines) is 1. The summed E-state index contributed by atoms with van der Waals surface area (Å²) in [5, 5.41) is 0. The van der Waals surface area contributed by atoms with Gasteiger partial charge in [0.25, 0.3) is 0 Å². The molecule has 14 heavy (non-hydrogen) atoms. The van der Waals surface area contributed by atoms with Crippen molar-refractivity contribution in [3.63, 3.8) is 0 Å². The minimum atomic E-state index is 0.420. The normalized spacial score (nSPS) is 26.7. The third-order valence-electron chi connectivity index (χ3n) is 3.19. The van der Waals surface area contributed by atoms with Gasteiger partial charge in [0.2, 0.25) is 0 Å². The zero-order valence-electron chi connectivity index (χ0n) is 8.71. The molecule has 2 aliphatic heterocycles. The summed E-state index contributed by atoms with van der Waals surface area (Å²) in [6, 6.07) is 0. The molecule has 2 fully saturated rings. The lowest BCUT2D eigenvalue weighted by Gasteiger charge is -2.31. The molecule has 0 N–H and O–H groups in total. The molecule has 0 amide bonds. The molecule has 3 nitrogen and oxygen atoms in total. The summed E-state index contributed by atoms with van der Waals surface area (Å²) in [5.74, 6) is 1.18. The highest BCUT2D eigenvalue weighted by atomic mass is 16.5. The van der Waals surface area contributed by atoms with E-state index in [-0.39, 0.29) is 0 Å². The Labute approximate surface area is 85.4 Å². The summed E-state index contributed by atoms with van der Waals surface area (Å²) >= 11 is 0. The molecule has 0 aromatic heterocycles. The highest BCUT2D eigenvalue weighted by Gasteiger charge is 2.21. The zero-order chi connectivity index (χ0) is 9.80. The first kappa shape index (κ1) is 10.1. The zero-order valence-corrected chi connectivity index (χ0v) is 8.71. The second-order valence-electron chi connectivity index (χ2n) is 4.43. The predicted molar refractivity (Wildman–Crippen MR) is 54.2 cm³/mol. The van der Waals surface area contributed by atoms with Gasteiger partial charge in [0.1, 0.15) is 5.78 Å². The van der Waals surface area contributed by atoms with Gasteiger partial charge in [-0.1, -0.05) is 0 Å². The average molecular weight is 197 g/mol. The number of hydrogen-bond donors (Lipinski definition) is 0. The van der Waals surface area contributed by atoms with Crippen LogP contribution in [0.2, 0.25) is 0 Å². The fraction of sp³-hybridized carbons (Fsp3) is 0.909. The van der Waals surface area contributed by atoms with E-state index in [1.54, 1.807) is 0 Å². The molecular weight excluding hydrogens is 178 g/mol. The summed E-state index contributed by atoms with van der Waals surface area (Å²) < 4.78 is 5.32. The Bertz CT molecular complexity index is 199.